The molecule has 20 heavy (non-hydrogen) atoms. The van der Waals surface area contributed by atoms with E-state index in [9.17, 15) is 18.0 Å². The van der Waals surface area contributed by atoms with Crippen LogP contribution in [-0.4, -0.2) is 29.1 Å². The second-order valence-corrected chi connectivity index (χ2v) is 6.22. The van der Waals surface area contributed by atoms with Crippen LogP contribution in [0.25, 0.3) is 0 Å². The minimum atomic E-state index is -4.38. The number of hydrogen-bond acceptors (Lipinski definition) is 3. The Kier molecular flexibility index (Phi) is 3.29. The van der Waals surface area contributed by atoms with E-state index in [1.807, 2.05) is 5.38 Å². The molecule has 0 radical (unpaired) electrons. The number of rotatable bonds is 2. The first kappa shape index (κ1) is 13.9. The Hall–Kier alpha value is -1.08. The predicted molar refractivity (Wildman–Crippen MR) is 69.2 cm³/mol. The smallest absolute Gasteiger partial charge is 0.312 e. The zero-order valence-electron chi connectivity index (χ0n) is 10.7. The quantitative estimate of drug-likeness (QED) is 0.911. The molecule has 7 heteroatoms. The third-order valence-electron chi connectivity index (χ3n) is 4.06. The molecule has 1 spiro atoms. The first-order valence-corrected chi connectivity index (χ1v) is 7.53. The molecular weight excluding hydrogens is 289 g/mol. The summed E-state index contributed by atoms with van der Waals surface area (Å²) in [5.41, 5.74) is -0.0472. The fourth-order valence-corrected chi connectivity index (χ4v) is 3.86. The molecule has 3 nitrogen and oxygen atoms in total. The number of nitrogens with one attached hydrogen (secondary N) is 1. The molecule has 1 N–H and O–H groups in total. The van der Waals surface area contributed by atoms with Crippen LogP contribution in [0.3, 0.4) is 0 Å². The van der Waals surface area contributed by atoms with Gasteiger partial charge in [0.15, 0.2) is 0 Å². The summed E-state index contributed by atoms with van der Waals surface area (Å²) >= 11 is 1.42. The molecule has 1 saturated heterocycles. The SMILES string of the molecule is O=C1N(CC(F)(F)F)C(c2ccsc2)NC12CCCC2. The number of carbonyl (C=O) groups is 1. The van der Waals surface area contributed by atoms with Crippen LogP contribution in [0.5, 0.6) is 0 Å². The van der Waals surface area contributed by atoms with Crippen molar-refractivity contribution >= 4 is 17.2 Å². The van der Waals surface area contributed by atoms with E-state index in [0.717, 1.165) is 23.3 Å². The van der Waals surface area contributed by atoms with Gasteiger partial charge in [-0.1, -0.05) is 12.8 Å². The van der Waals surface area contributed by atoms with E-state index in [2.05, 4.69) is 5.32 Å². The average Bonchev–Trinajstić information content (AvgIpc) is 3.06. The Morgan fingerprint density at radius 3 is 2.65 bits per heavy atom. The van der Waals surface area contributed by atoms with E-state index in [1.54, 1.807) is 11.4 Å². The van der Waals surface area contributed by atoms with Gasteiger partial charge in [-0.3, -0.25) is 10.1 Å². The highest BCUT2D eigenvalue weighted by atomic mass is 32.1. The van der Waals surface area contributed by atoms with E-state index in [-0.39, 0.29) is 0 Å². The summed E-state index contributed by atoms with van der Waals surface area (Å²) in [6.07, 6.45) is -2.02. The molecule has 110 valence electrons. The third-order valence-corrected chi connectivity index (χ3v) is 4.76. The summed E-state index contributed by atoms with van der Waals surface area (Å²) in [6.45, 7) is -1.19. The van der Waals surface area contributed by atoms with Crippen molar-refractivity contribution < 1.29 is 18.0 Å². The van der Waals surface area contributed by atoms with Gasteiger partial charge in [-0.25, -0.2) is 0 Å². The largest absolute Gasteiger partial charge is 0.406 e. The lowest BCUT2D eigenvalue weighted by atomic mass is 9.98. The van der Waals surface area contributed by atoms with Gasteiger partial charge in [0.25, 0.3) is 0 Å². The lowest BCUT2D eigenvalue weighted by Gasteiger charge is -2.24. The van der Waals surface area contributed by atoms with Crippen molar-refractivity contribution in [2.24, 2.45) is 0 Å². The number of nitrogens with zero attached hydrogens (tertiary/aromatic N) is 1. The number of thiophene rings is 1. The number of carbonyl (C=O) groups excluding carboxylic acids is 1. The zero-order chi connectivity index (χ0) is 14.4. The molecule has 3 rings (SSSR count). The van der Waals surface area contributed by atoms with Gasteiger partial charge in [-0.2, -0.15) is 24.5 Å². The number of amides is 1. The molecule has 0 aromatic carbocycles. The fraction of sp³-hybridized carbons (Fsp3) is 0.615. The highest BCUT2D eigenvalue weighted by molar-refractivity contribution is 7.07. The second kappa shape index (κ2) is 4.73. The van der Waals surface area contributed by atoms with E-state index < -0.39 is 30.3 Å². The molecule has 2 aliphatic rings. The first-order valence-electron chi connectivity index (χ1n) is 6.59. The van der Waals surface area contributed by atoms with Crippen LogP contribution in [0.2, 0.25) is 0 Å². The number of alkyl halides is 3. The first-order chi connectivity index (χ1) is 9.41. The van der Waals surface area contributed by atoms with E-state index in [4.69, 9.17) is 0 Å². The van der Waals surface area contributed by atoms with E-state index >= 15 is 0 Å². The molecule has 1 aromatic rings. The van der Waals surface area contributed by atoms with Gasteiger partial charge in [0.2, 0.25) is 5.91 Å². The summed E-state index contributed by atoms with van der Waals surface area (Å²) in [5.74, 6) is -0.400. The van der Waals surface area contributed by atoms with Crippen molar-refractivity contribution in [2.45, 2.75) is 43.6 Å². The van der Waals surface area contributed by atoms with E-state index in [0.29, 0.717) is 12.8 Å². The minimum Gasteiger partial charge on any atom is -0.312 e. The van der Waals surface area contributed by atoms with Gasteiger partial charge >= 0.3 is 6.18 Å². The Bertz CT molecular complexity index is 494. The molecule has 1 aliphatic carbocycles. The van der Waals surface area contributed by atoms with Crippen molar-refractivity contribution in [1.82, 2.24) is 10.2 Å². The fourth-order valence-electron chi connectivity index (χ4n) is 3.18. The Balaban J connectivity index is 1.92. The van der Waals surface area contributed by atoms with Crippen LogP contribution in [-0.2, 0) is 4.79 Å². The van der Waals surface area contributed by atoms with Gasteiger partial charge in [-0.15, -0.1) is 0 Å². The Labute approximate surface area is 118 Å². The molecule has 2 fully saturated rings. The van der Waals surface area contributed by atoms with Gasteiger partial charge < -0.3 is 4.90 Å². The maximum Gasteiger partial charge on any atom is 0.406 e. The normalized spacial score (nSPS) is 25.9. The van der Waals surface area contributed by atoms with E-state index in [1.165, 1.54) is 11.3 Å². The topological polar surface area (TPSA) is 32.3 Å². The van der Waals surface area contributed by atoms with Crippen LogP contribution in [0.4, 0.5) is 13.2 Å². The Morgan fingerprint density at radius 1 is 1.40 bits per heavy atom. The maximum absolute atomic E-state index is 12.8. The monoisotopic (exact) mass is 304 g/mol. The highest BCUT2D eigenvalue weighted by Crippen LogP contribution is 2.42. The van der Waals surface area contributed by atoms with Crippen LogP contribution in [0.1, 0.15) is 37.4 Å². The molecule has 2 heterocycles. The minimum absolute atomic E-state index is 0.400. The summed E-state index contributed by atoms with van der Waals surface area (Å²) in [7, 11) is 0. The molecule has 1 atom stereocenters. The maximum atomic E-state index is 12.8. The molecule has 0 bridgehead atoms. The van der Waals surface area contributed by atoms with Crippen molar-refractivity contribution in [2.75, 3.05) is 6.54 Å². The van der Waals surface area contributed by atoms with Crippen molar-refractivity contribution in [3.05, 3.63) is 22.4 Å². The molecule has 1 amide bonds. The van der Waals surface area contributed by atoms with Gasteiger partial charge in [0, 0.05) is 0 Å². The summed E-state index contributed by atoms with van der Waals surface area (Å²) < 4.78 is 38.3. The second-order valence-electron chi connectivity index (χ2n) is 5.44. The zero-order valence-corrected chi connectivity index (χ0v) is 11.6. The van der Waals surface area contributed by atoms with Crippen molar-refractivity contribution in [3.63, 3.8) is 0 Å². The van der Waals surface area contributed by atoms with Gasteiger partial charge in [0.1, 0.15) is 12.7 Å². The molecule has 1 aliphatic heterocycles. The summed E-state index contributed by atoms with van der Waals surface area (Å²) in [4.78, 5) is 13.4. The standard InChI is InChI=1S/C13H15F3N2OS/c14-13(15,16)8-18-10(9-3-6-20-7-9)17-12(11(18)19)4-1-2-5-12/h3,6-7,10,17H,1-2,4-5,8H2. The highest BCUT2D eigenvalue weighted by Gasteiger charge is 2.54. The summed E-state index contributed by atoms with van der Waals surface area (Å²) in [6, 6.07) is 1.77. The molecular formula is C13H15F3N2OS. The number of hydrogen-bond donors (Lipinski definition) is 1. The van der Waals surface area contributed by atoms with Crippen LogP contribution in [0.15, 0.2) is 16.8 Å². The average molecular weight is 304 g/mol. The third kappa shape index (κ3) is 2.33. The lowest BCUT2D eigenvalue weighted by molar-refractivity contribution is -0.162. The van der Waals surface area contributed by atoms with Gasteiger partial charge in [-0.05, 0) is 35.2 Å². The molecule has 1 saturated carbocycles. The van der Waals surface area contributed by atoms with Crippen molar-refractivity contribution in [1.29, 1.82) is 0 Å². The number of halogens is 3. The molecule has 1 unspecified atom stereocenters. The van der Waals surface area contributed by atoms with Crippen molar-refractivity contribution in [3.8, 4) is 0 Å². The predicted octanol–water partition coefficient (Wildman–Crippen LogP) is 3.05. The lowest BCUT2D eigenvalue weighted by Crippen LogP contribution is -2.45. The Morgan fingerprint density at radius 2 is 2.10 bits per heavy atom. The molecule has 1 aromatic heterocycles. The summed E-state index contributed by atoms with van der Waals surface area (Å²) in [5, 5.41) is 6.78. The van der Waals surface area contributed by atoms with Crippen LogP contribution < -0.4 is 5.32 Å². The van der Waals surface area contributed by atoms with Crippen LogP contribution >= 0.6 is 11.3 Å². The van der Waals surface area contributed by atoms with Crippen LogP contribution in [0, 0.1) is 0 Å². The van der Waals surface area contributed by atoms with Gasteiger partial charge in [0.05, 0.1) is 5.54 Å².